The van der Waals surface area contributed by atoms with E-state index >= 15 is 0 Å². The van der Waals surface area contributed by atoms with Crippen molar-refractivity contribution >= 4 is 0 Å². The van der Waals surface area contributed by atoms with Crippen molar-refractivity contribution in [2.45, 2.75) is 89.0 Å². The van der Waals surface area contributed by atoms with E-state index in [0.29, 0.717) is 12.8 Å². The minimum atomic E-state index is -1.50. The van der Waals surface area contributed by atoms with Crippen LogP contribution in [0.25, 0.3) is 0 Å². The van der Waals surface area contributed by atoms with Gasteiger partial charge in [0.15, 0.2) is 0 Å². The van der Waals surface area contributed by atoms with Crippen molar-refractivity contribution in [1.82, 2.24) is 0 Å². The molecule has 0 saturated heterocycles. The Morgan fingerprint density at radius 1 is 0.808 bits per heavy atom. The van der Waals surface area contributed by atoms with Gasteiger partial charge in [-0.2, -0.15) is 0 Å². The molecule has 0 aromatic carbocycles. The van der Waals surface area contributed by atoms with Crippen molar-refractivity contribution < 1.29 is 30.6 Å². The van der Waals surface area contributed by atoms with E-state index < -0.39 is 52.4 Å². The van der Waals surface area contributed by atoms with Gasteiger partial charge in [-0.3, -0.25) is 0 Å². The molecule has 4 aliphatic rings. The summed E-state index contributed by atoms with van der Waals surface area (Å²) in [4.78, 5) is 0. The molecule has 4 fully saturated rings. The SMILES string of the molecule is C[C@H]1[C@@H]2CC[C@@H]3[C@@H](O)[C@@]2(C[C@@H](O)[C@@]2(O)[C@H]1C[C@H](O)C2(C)C)[C@H](O)[C@@]3(C)O. The van der Waals surface area contributed by atoms with Crippen LogP contribution in [0.2, 0.25) is 0 Å². The number of rotatable bonds is 0. The lowest BCUT2D eigenvalue weighted by Gasteiger charge is -2.48. The van der Waals surface area contributed by atoms with E-state index in [4.69, 9.17) is 0 Å². The lowest BCUT2D eigenvalue weighted by molar-refractivity contribution is -0.184. The van der Waals surface area contributed by atoms with Crippen LogP contribution in [0.5, 0.6) is 0 Å². The van der Waals surface area contributed by atoms with E-state index in [1.54, 1.807) is 20.8 Å². The Labute approximate surface area is 154 Å². The molecule has 0 aromatic rings. The van der Waals surface area contributed by atoms with Gasteiger partial charge in [0.25, 0.3) is 0 Å². The fourth-order valence-electron chi connectivity index (χ4n) is 7.76. The fourth-order valence-corrected chi connectivity index (χ4v) is 7.76. The zero-order valence-electron chi connectivity index (χ0n) is 16.1. The highest BCUT2D eigenvalue weighted by molar-refractivity contribution is 5.25. The van der Waals surface area contributed by atoms with E-state index in [9.17, 15) is 30.6 Å². The van der Waals surface area contributed by atoms with Crippen LogP contribution in [0.3, 0.4) is 0 Å². The average molecular weight is 370 g/mol. The van der Waals surface area contributed by atoms with Crippen LogP contribution < -0.4 is 0 Å². The first kappa shape index (κ1) is 19.1. The first-order chi connectivity index (χ1) is 11.8. The van der Waals surface area contributed by atoms with Gasteiger partial charge in [0.2, 0.25) is 0 Å². The Bertz CT molecular complexity index is 605. The maximum absolute atomic E-state index is 11.7. The number of fused-ring (bicyclic) bond motifs is 2. The van der Waals surface area contributed by atoms with Crippen LogP contribution in [0.4, 0.5) is 0 Å². The fraction of sp³-hybridized carbons (Fsp3) is 1.00. The Balaban J connectivity index is 1.87. The highest BCUT2D eigenvalue weighted by atomic mass is 16.4. The quantitative estimate of drug-likeness (QED) is 0.358. The predicted octanol–water partition coefficient (Wildman–Crippen LogP) is 0.0242. The van der Waals surface area contributed by atoms with Crippen LogP contribution in [0.1, 0.15) is 53.4 Å². The summed E-state index contributed by atoms with van der Waals surface area (Å²) in [5.74, 6) is -0.993. The molecule has 4 saturated carbocycles. The molecule has 4 aliphatic carbocycles. The van der Waals surface area contributed by atoms with Gasteiger partial charge in [-0.05, 0) is 50.4 Å². The summed E-state index contributed by atoms with van der Waals surface area (Å²) in [7, 11) is 0. The topological polar surface area (TPSA) is 121 Å². The molecule has 6 heteroatoms. The Kier molecular flexibility index (Phi) is 3.83. The molecule has 6 nitrogen and oxygen atoms in total. The molecule has 0 aliphatic heterocycles. The van der Waals surface area contributed by atoms with Crippen LogP contribution >= 0.6 is 0 Å². The maximum Gasteiger partial charge on any atom is 0.101 e. The van der Waals surface area contributed by atoms with Crippen molar-refractivity contribution in [2.75, 3.05) is 0 Å². The second kappa shape index (κ2) is 5.22. The van der Waals surface area contributed by atoms with Crippen molar-refractivity contribution in [3.63, 3.8) is 0 Å². The molecule has 11 atom stereocenters. The van der Waals surface area contributed by atoms with Crippen molar-refractivity contribution in [3.05, 3.63) is 0 Å². The predicted molar refractivity (Wildman–Crippen MR) is 93.9 cm³/mol. The zero-order valence-corrected chi connectivity index (χ0v) is 16.1. The van der Waals surface area contributed by atoms with Gasteiger partial charge < -0.3 is 30.6 Å². The van der Waals surface area contributed by atoms with Gasteiger partial charge in [0, 0.05) is 16.7 Å². The minimum absolute atomic E-state index is 0.0279. The molecule has 0 radical (unpaired) electrons. The summed E-state index contributed by atoms with van der Waals surface area (Å²) in [6.45, 7) is 7.14. The third kappa shape index (κ3) is 1.80. The molecule has 0 aromatic heterocycles. The maximum atomic E-state index is 11.7. The summed E-state index contributed by atoms with van der Waals surface area (Å²) < 4.78 is 0. The van der Waals surface area contributed by atoms with E-state index in [2.05, 4.69) is 0 Å². The lowest BCUT2D eigenvalue weighted by atomic mass is 9.58. The van der Waals surface area contributed by atoms with E-state index in [0.717, 1.165) is 6.42 Å². The van der Waals surface area contributed by atoms with Crippen LogP contribution in [-0.4, -0.2) is 66.3 Å². The molecule has 2 bridgehead atoms. The smallest absolute Gasteiger partial charge is 0.101 e. The van der Waals surface area contributed by atoms with Gasteiger partial charge in [-0.25, -0.2) is 0 Å². The molecule has 0 heterocycles. The Morgan fingerprint density at radius 3 is 2.00 bits per heavy atom. The highest BCUT2D eigenvalue weighted by Crippen LogP contribution is 2.68. The second-order valence-electron chi connectivity index (χ2n) is 10.5. The highest BCUT2D eigenvalue weighted by Gasteiger charge is 2.75. The molecule has 0 unspecified atom stereocenters. The molecular formula is C20H34O6. The van der Waals surface area contributed by atoms with Gasteiger partial charge in [0.1, 0.15) is 5.60 Å². The van der Waals surface area contributed by atoms with Gasteiger partial charge in [-0.1, -0.05) is 20.8 Å². The van der Waals surface area contributed by atoms with E-state index in [1.807, 2.05) is 6.92 Å². The van der Waals surface area contributed by atoms with E-state index in [1.165, 1.54) is 0 Å². The van der Waals surface area contributed by atoms with E-state index in [-0.39, 0.29) is 24.2 Å². The summed E-state index contributed by atoms with van der Waals surface area (Å²) in [5, 5.41) is 66.6. The van der Waals surface area contributed by atoms with Crippen LogP contribution in [0, 0.1) is 34.5 Å². The Hall–Kier alpha value is -0.240. The third-order valence-corrected chi connectivity index (χ3v) is 9.46. The van der Waals surface area contributed by atoms with Gasteiger partial charge >= 0.3 is 0 Å². The normalized spacial score (nSPS) is 63.9. The van der Waals surface area contributed by atoms with Crippen LogP contribution in [-0.2, 0) is 0 Å². The van der Waals surface area contributed by atoms with Crippen molar-refractivity contribution in [3.8, 4) is 0 Å². The summed E-state index contributed by atoms with van der Waals surface area (Å²) in [6, 6.07) is 0. The standard InChI is InChI=1S/C20H34O6/c1-9-10-5-6-11-15(23)19(10,16(24)18(11,4)25)8-14(22)20(26)12(9)7-13(21)17(20,2)3/h9-16,21-26H,5-8H2,1-4H3/t9-,10-,11+,12-,13-,14+,15+,16+,18-,19-,20-/m0/s1. The largest absolute Gasteiger partial charge is 0.392 e. The first-order valence-corrected chi connectivity index (χ1v) is 10.0. The molecule has 0 amide bonds. The molecule has 26 heavy (non-hydrogen) atoms. The number of hydrogen-bond donors (Lipinski definition) is 6. The Morgan fingerprint density at radius 2 is 1.38 bits per heavy atom. The molecule has 150 valence electrons. The number of hydrogen-bond acceptors (Lipinski definition) is 6. The van der Waals surface area contributed by atoms with Gasteiger partial charge in [-0.15, -0.1) is 0 Å². The summed E-state index contributed by atoms with van der Waals surface area (Å²) in [5.41, 5.74) is -4.84. The average Bonchev–Trinajstić information content (AvgIpc) is 2.74. The van der Waals surface area contributed by atoms with Crippen LogP contribution in [0.15, 0.2) is 0 Å². The monoisotopic (exact) mass is 370 g/mol. The molecule has 1 spiro atoms. The third-order valence-electron chi connectivity index (χ3n) is 9.46. The zero-order chi connectivity index (χ0) is 19.4. The van der Waals surface area contributed by atoms with Gasteiger partial charge in [0.05, 0.1) is 30.0 Å². The summed E-state index contributed by atoms with van der Waals surface area (Å²) >= 11 is 0. The lowest BCUT2D eigenvalue weighted by Crippen LogP contribution is -2.58. The van der Waals surface area contributed by atoms with Crippen molar-refractivity contribution in [2.24, 2.45) is 34.5 Å². The minimum Gasteiger partial charge on any atom is -0.392 e. The molecular weight excluding hydrogens is 336 g/mol. The number of aliphatic hydroxyl groups is 6. The molecule has 6 N–H and O–H groups in total. The number of aliphatic hydroxyl groups excluding tert-OH is 4. The first-order valence-electron chi connectivity index (χ1n) is 10.0. The van der Waals surface area contributed by atoms with Crippen molar-refractivity contribution in [1.29, 1.82) is 0 Å². The summed E-state index contributed by atoms with van der Waals surface area (Å²) in [6.07, 6.45) is -2.24. The second-order valence-corrected chi connectivity index (χ2v) is 10.5. The molecule has 4 rings (SSSR count).